The highest BCUT2D eigenvalue weighted by Crippen LogP contribution is 2.17. The first kappa shape index (κ1) is 19.8. The third-order valence-corrected chi connectivity index (χ3v) is 4.13. The minimum Gasteiger partial charge on any atom is -0.492 e. The second kappa shape index (κ2) is 10.5. The van der Waals surface area contributed by atoms with Crippen LogP contribution in [0.4, 0.5) is 0 Å². The highest BCUT2D eigenvalue weighted by Gasteiger charge is 2.14. The van der Waals surface area contributed by atoms with Crippen LogP contribution in [0.2, 0.25) is 0 Å². The van der Waals surface area contributed by atoms with Gasteiger partial charge >= 0.3 is 0 Å². The van der Waals surface area contributed by atoms with Crippen molar-refractivity contribution in [3.63, 3.8) is 0 Å². The van der Waals surface area contributed by atoms with Crippen molar-refractivity contribution >= 4 is 18.3 Å². The number of carbonyl (C=O) groups excluding carboxylic acids is 1. The molecule has 5 heteroatoms. The lowest BCUT2D eigenvalue weighted by Gasteiger charge is -2.22. The molecule has 0 spiro atoms. The monoisotopic (exact) mass is 340 g/mol. The van der Waals surface area contributed by atoms with Gasteiger partial charge in [0, 0.05) is 6.42 Å². The topological polar surface area (TPSA) is 50.4 Å². The van der Waals surface area contributed by atoms with Gasteiger partial charge in [0.05, 0.1) is 6.54 Å². The van der Waals surface area contributed by atoms with E-state index in [0.29, 0.717) is 25.5 Å². The Morgan fingerprint density at radius 1 is 1.22 bits per heavy atom. The van der Waals surface area contributed by atoms with Gasteiger partial charge in [-0.1, -0.05) is 6.07 Å². The van der Waals surface area contributed by atoms with E-state index in [9.17, 15) is 4.79 Å². The normalized spacial score (nSPS) is 14.9. The molecule has 0 unspecified atom stereocenters. The summed E-state index contributed by atoms with van der Waals surface area (Å²) < 4.78 is 5.69. The molecule has 1 amide bonds. The lowest BCUT2D eigenvalue weighted by molar-refractivity contribution is -0.121. The van der Waals surface area contributed by atoms with Crippen LogP contribution in [0.25, 0.3) is 0 Å². The smallest absolute Gasteiger partial charge is 0.220 e. The summed E-state index contributed by atoms with van der Waals surface area (Å²) in [7, 11) is 0. The molecule has 1 aromatic carbocycles. The van der Waals surface area contributed by atoms with Crippen molar-refractivity contribution in [1.29, 1.82) is 0 Å². The fourth-order valence-corrected chi connectivity index (χ4v) is 2.97. The van der Waals surface area contributed by atoms with E-state index in [1.54, 1.807) is 0 Å². The van der Waals surface area contributed by atoms with Gasteiger partial charge in [-0.3, -0.25) is 4.79 Å². The van der Waals surface area contributed by atoms with Gasteiger partial charge in [0.2, 0.25) is 5.91 Å². The van der Waals surface area contributed by atoms with Crippen molar-refractivity contribution in [2.75, 3.05) is 26.2 Å². The molecule has 2 rings (SSSR count). The lowest BCUT2D eigenvalue weighted by Crippen LogP contribution is -2.30. The Balaban J connectivity index is 0.00000264. The number of piperidine rings is 1. The fourth-order valence-electron chi connectivity index (χ4n) is 2.97. The van der Waals surface area contributed by atoms with Gasteiger partial charge in [-0.2, -0.15) is 0 Å². The molecule has 0 aromatic heterocycles. The highest BCUT2D eigenvalue weighted by molar-refractivity contribution is 5.85. The molecule has 1 heterocycles. The van der Waals surface area contributed by atoms with E-state index in [4.69, 9.17) is 4.74 Å². The second-order valence-corrected chi connectivity index (χ2v) is 6.25. The third kappa shape index (κ3) is 7.71. The summed E-state index contributed by atoms with van der Waals surface area (Å²) in [5.74, 6) is 1.72. The van der Waals surface area contributed by atoms with Crippen molar-refractivity contribution in [3.05, 3.63) is 29.3 Å². The number of hydrogen-bond donors (Lipinski definition) is 2. The van der Waals surface area contributed by atoms with Crippen molar-refractivity contribution in [3.8, 4) is 5.75 Å². The van der Waals surface area contributed by atoms with Crippen LogP contribution >= 0.6 is 12.4 Å². The molecule has 23 heavy (non-hydrogen) atoms. The molecule has 0 atom stereocenters. The van der Waals surface area contributed by atoms with E-state index in [0.717, 1.165) is 25.3 Å². The van der Waals surface area contributed by atoms with Crippen LogP contribution in [0.15, 0.2) is 18.2 Å². The summed E-state index contributed by atoms with van der Waals surface area (Å²) in [5, 5.41) is 6.29. The fraction of sp³-hybridized carbons (Fsp3) is 0.611. The highest BCUT2D eigenvalue weighted by atomic mass is 35.5. The molecule has 0 radical (unpaired) electrons. The predicted molar refractivity (Wildman–Crippen MR) is 96.5 cm³/mol. The summed E-state index contributed by atoms with van der Waals surface area (Å²) >= 11 is 0. The van der Waals surface area contributed by atoms with Crippen LogP contribution in [0.5, 0.6) is 5.75 Å². The molecule has 1 fully saturated rings. The molecule has 1 saturated heterocycles. The predicted octanol–water partition coefficient (Wildman–Crippen LogP) is 3.00. The van der Waals surface area contributed by atoms with Crippen molar-refractivity contribution in [2.24, 2.45) is 5.92 Å². The maximum absolute atomic E-state index is 11.8. The van der Waals surface area contributed by atoms with Crippen molar-refractivity contribution in [1.82, 2.24) is 10.6 Å². The van der Waals surface area contributed by atoms with Gasteiger partial charge < -0.3 is 15.4 Å². The maximum atomic E-state index is 11.8. The Kier molecular flexibility index (Phi) is 9.03. The zero-order valence-corrected chi connectivity index (χ0v) is 15.0. The van der Waals surface area contributed by atoms with Gasteiger partial charge in [0.15, 0.2) is 0 Å². The van der Waals surface area contributed by atoms with E-state index in [1.165, 1.54) is 24.0 Å². The molecule has 4 nitrogen and oxygen atoms in total. The van der Waals surface area contributed by atoms with Crippen LogP contribution in [0.3, 0.4) is 0 Å². The van der Waals surface area contributed by atoms with E-state index < -0.39 is 0 Å². The molecule has 0 aliphatic carbocycles. The Morgan fingerprint density at radius 2 is 1.87 bits per heavy atom. The Bertz CT molecular complexity index is 468. The standard InChI is InChI=1S/C18H28N2O2.ClH/c1-14-11-15(2)13-17(12-14)22-10-9-20-18(21)4-3-16-5-7-19-8-6-16;/h11-13,16,19H,3-10H2,1-2H3,(H,20,21);1H. The number of rotatable bonds is 7. The summed E-state index contributed by atoms with van der Waals surface area (Å²) in [4.78, 5) is 11.8. The second-order valence-electron chi connectivity index (χ2n) is 6.25. The number of ether oxygens (including phenoxy) is 1. The molecule has 1 aliphatic rings. The molecular formula is C18H29ClN2O2. The van der Waals surface area contributed by atoms with Crippen LogP contribution in [-0.4, -0.2) is 32.1 Å². The zero-order chi connectivity index (χ0) is 15.8. The lowest BCUT2D eigenvalue weighted by atomic mass is 9.93. The summed E-state index contributed by atoms with van der Waals surface area (Å²) in [5.41, 5.74) is 2.39. The largest absolute Gasteiger partial charge is 0.492 e. The van der Waals surface area contributed by atoms with Crippen LogP contribution in [0.1, 0.15) is 36.8 Å². The Labute approximate surface area is 145 Å². The SMILES string of the molecule is Cc1cc(C)cc(OCCNC(=O)CCC2CCNCC2)c1.Cl. The minimum atomic E-state index is 0. The van der Waals surface area contributed by atoms with Crippen molar-refractivity contribution < 1.29 is 9.53 Å². The Morgan fingerprint density at radius 3 is 2.52 bits per heavy atom. The number of hydrogen-bond acceptors (Lipinski definition) is 3. The van der Waals surface area contributed by atoms with Gasteiger partial charge in [0.1, 0.15) is 12.4 Å². The van der Waals surface area contributed by atoms with Gasteiger partial charge in [-0.25, -0.2) is 0 Å². The molecule has 1 aromatic rings. The van der Waals surface area contributed by atoms with Gasteiger partial charge in [-0.15, -0.1) is 12.4 Å². The molecular weight excluding hydrogens is 312 g/mol. The Hall–Kier alpha value is -1.26. The number of benzene rings is 1. The first-order valence-corrected chi connectivity index (χ1v) is 8.32. The average molecular weight is 341 g/mol. The number of amides is 1. The molecule has 1 aliphatic heterocycles. The van der Waals surface area contributed by atoms with E-state index in [1.807, 2.05) is 12.1 Å². The zero-order valence-electron chi connectivity index (χ0n) is 14.2. The van der Waals surface area contributed by atoms with E-state index >= 15 is 0 Å². The van der Waals surface area contributed by atoms with E-state index in [2.05, 4.69) is 30.5 Å². The van der Waals surface area contributed by atoms with E-state index in [-0.39, 0.29) is 18.3 Å². The van der Waals surface area contributed by atoms with Gasteiger partial charge in [0.25, 0.3) is 0 Å². The molecule has 130 valence electrons. The van der Waals surface area contributed by atoms with Crippen molar-refractivity contribution in [2.45, 2.75) is 39.5 Å². The van der Waals surface area contributed by atoms with Crippen LogP contribution in [-0.2, 0) is 4.79 Å². The maximum Gasteiger partial charge on any atom is 0.220 e. The molecule has 2 N–H and O–H groups in total. The first-order chi connectivity index (χ1) is 10.6. The van der Waals surface area contributed by atoms with Crippen LogP contribution < -0.4 is 15.4 Å². The summed E-state index contributed by atoms with van der Waals surface area (Å²) in [6.45, 7) is 7.39. The molecule has 0 saturated carbocycles. The molecule has 0 bridgehead atoms. The quantitative estimate of drug-likeness (QED) is 0.750. The average Bonchev–Trinajstić information content (AvgIpc) is 2.50. The summed E-state index contributed by atoms with van der Waals surface area (Å²) in [6, 6.07) is 6.16. The third-order valence-electron chi connectivity index (χ3n) is 4.13. The first-order valence-electron chi connectivity index (χ1n) is 8.32. The number of nitrogens with one attached hydrogen (secondary N) is 2. The summed E-state index contributed by atoms with van der Waals surface area (Å²) in [6.07, 6.45) is 4.03. The van der Waals surface area contributed by atoms with Gasteiger partial charge in [-0.05, 0) is 75.4 Å². The number of aryl methyl sites for hydroxylation is 2. The number of halogens is 1. The minimum absolute atomic E-state index is 0. The number of carbonyl (C=O) groups is 1. The van der Waals surface area contributed by atoms with Crippen LogP contribution in [0, 0.1) is 19.8 Å².